The molecule has 0 amide bonds. The van der Waals surface area contributed by atoms with Crippen molar-refractivity contribution in [2.24, 2.45) is 0 Å². The van der Waals surface area contributed by atoms with Crippen LogP contribution in [0.2, 0.25) is 0 Å². The first-order chi connectivity index (χ1) is 7.29. The van der Waals surface area contributed by atoms with Gasteiger partial charge >= 0.3 is 0 Å². The highest BCUT2D eigenvalue weighted by Crippen LogP contribution is 2.39. The van der Waals surface area contributed by atoms with Crippen molar-refractivity contribution in [1.29, 1.82) is 0 Å². The molecule has 0 radical (unpaired) electrons. The number of hydrogen-bond acceptors (Lipinski definition) is 1. The molecule has 1 saturated carbocycles. The number of rotatable bonds is 2. The fourth-order valence-corrected chi connectivity index (χ4v) is 2.36. The number of fused-ring (bicyclic) bond motifs is 1. The maximum absolute atomic E-state index is 11.0. The van der Waals surface area contributed by atoms with Crippen LogP contribution in [0.5, 0.6) is 0 Å². The zero-order valence-electron chi connectivity index (χ0n) is 8.11. The molecule has 1 aromatic carbocycles. The molecule has 0 spiro atoms. The fourth-order valence-electron chi connectivity index (χ4n) is 2.00. The highest BCUT2D eigenvalue weighted by Gasteiger charge is 2.25. The summed E-state index contributed by atoms with van der Waals surface area (Å²) in [6, 6.07) is 6.72. The van der Waals surface area contributed by atoms with Crippen LogP contribution in [0.4, 0.5) is 0 Å². The third kappa shape index (κ3) is 1.42. The first-order valence-corrected chi connectivity index (χ1v) is 5.84. The van der Waals surface area contributed by atoms with E-state index < -0.39 is 0 Å². The fraction of sp³-hybridized carbons (Fsp3) is 0.250. The standard InChI is InChI=1S/C12H10BrNO/c13-9-1-4-12-11(5-9)8(7-15)6-14(12)10-2-3-10/h1,4-7,10H,2-3H2. The second-order valence-corrected chi connectivity index (χ2v) is 4.92. The van der Waals surface area contributed by atoms with Gasteiger partial charge in [-0.1, -0.05) is 15.9 Å². The number of halogens is 1. The molecule has 0 bridgehead atoms. The topological polar surface area (TPSA) is 22.0 Å². The molecule has 15 heavy (non-hydrogen) atoms. The molecular formula is C12H10BrNO. The number of nitrogens with zero attached hydrogens (tertiary/aromatic N) is 1. The van der Waals surface area contributed by atoms with E-state index in [1.54, 1.807) is 0 Å². The molecule has 1 aromatic heterocycles. The maximum atomic E-state index is 11.0. The molecule has 3 heteroatoms. The van der Waals surface area contributed by atoms with E-state index in [1.807, 2.05) is 18.3 Å². The molecule has 76 valence electrons. The summed E-state index contributed by atoms with van der Waals surface area (Å²) in [5.74, 6) is 0. The van der Waals surface area contributed by atoms with Crippen molar-refractivity contribution >= 4 is 33.1 Å². The molecule has 1 aliphatic rings. The van der Waals surface area contributed by atoms with Crippen molar-refractivity contribution in [2.75, 3.05) is 0 Å². The minimum atomic E-state index is 0.613. The predicted molar refractivity (Wildman–Crippen MR) is 63.3 cm³/mol. The lowest BCUT2D eigenvalue weighted by molar-refractivity contribution is 0.112. The van der Waals surface area contributed by atoms with Gasteiger partial charge in [0.15, 0.2) is 6.29 Å². The number of carbonyl (C=O) groups excluding carboxylic acids is 1. The number of carbonyl (C=O) groups is 1. The summed E-state index contributed by atoms with van der Waals surface area (Å²) >= 11 is 3.43. The zero-order chi connectivity index (χ0) is 10.4. The van der Waals surface area contributed by atoms with Crippen LogP contribution < -0.4 is 0 Å². The molecular weight excluding hydrogens is 254 g/mol. The van der Waals surface area contributed by atoms with Crippen LogP contribution in [-0.4, -0.2) is 10.9 Å². The van der Waals surface area contributed by atoms with Crippen LogP contribution in [-0.2, 0) is 0 Å². The van der Waals surface area contributed by atoms with Crippen LogP contribution >= 0.6 is 15.9 Å². The largest absolute Gasteiger partial charge is 0.344 e. The Labute approximate surface area is 96.0 Å². The summed E-state index contributed by atoms with van der Waals surface area (Å²) in [5.41, 5.74) is 1.96. The van der Waals surface area contributed by atoms with Crippen LogP contribution in [0.3, 0.4) is 0 Å². The molecule has 0 unspecified atom stereocenters. The zero-order valence-corrected chi connectivity index (χ0v) is 9.70. The van der Waals surface area contributed by atoms with E-state index in [-0.39, 0.29) is 0 Å². The van der Waals surface area contributed by atoms with E-state index in [2.05, 4.69) is 26.6 Å². The van der Waals surface area contributed by atoms with E-state index in [0.29, 0.717) is 6.04 Å². The van der Waals surface area contributed by atoms with Gasteiger partial charge in [-0.05, 0) is 31.0 Å². The van der Waals surface area contributed by atoms with Gasteiger partial charge in [0, 0.05) is 33.2 Å². The summed E-state index contributed by atoms with van der Waals surface area (Å²) in [6.45, 7) is 0. The van der Waals surface area contributed by atoms with E-state index in [1.165, 1.54) is 18.4 Å². The smallest absolute Gasteiger partial charge is 0.152 e. The van der Waals surface area contributed by atoms with Gasteiger partial charge in [-0.25, -0.2) is 0 Å². The maximum Gasteiger partial charge on any atom is 0.152 e. The Morgan fingerprint density at radius 1 is 1.40 bits per heavy atom. The third-order valence-corrected chi connectivity index (χ3v) is 3.39. The van der Waals surface area contributed by atoms with E-state index >= 15 is 0 Å². The van der Waals surface area contributed by atoms with Gasteiger partial charge in [0.1, 0.15) is 0 Å². The molecule has 2 aromatic rings. The molecule has 0 aliphatic heterocycles. The first-order valence-electron chi connectivity index (χ1n) is 5.05. The Bertz CT molecular complexity index is 540. The van der Waals surface area contributed by atoms with Gasteiger partial charge in [-0.2, -0.15) is 0 Å². The molecule has 3 rings (SSSR count). The normalized spacial score (nSPS) is 15.8. The lowest BCUT2D eigenvalue weighted by atomic mass is 10.2. The summed E-state index contributed by atoms with van der Waals surface area (Å²) in [4.78, 5) is 11.0. The van der Waals surface area contributed by atoms with Crippen molar-refractivity contribution < 1.29 is 4.79 Å². The Hall–Kier alpha value is -1.09. The van der Waals surface area contributed by atoms with Gasteiger partial charge in [-0.3, -0.25) is 4.79 Å². The van der Waals surface area contributed by atoms with Gasteiger partial charge in [0.05, 0.1) is 0 Å². The number of aromatic nitrogens is 1. The second kappa shape index (κ2) is 3.20. The van der Waals surface area contributed by atoms with Crippen LogP contribution in [0.25, 0.3) is 10.9 Å². The van der Waals surface area contributed by atoms with Crippen molar-refractivity contribution in [3.8, 4) is 0 Å². The molecule has 0 atom stereocenters. The third-order valence-electron chi connectivity index (χ3n) is 2.89. The molecule has 1 fully saturated rings. The van der Waals surface area contributed by atoms with Crippen molar-refractivity contribution in [3.63, 3.8) is 0 Å². The average Bonchev–Trinajstić information content (AvgIpc) is 3.01. The van der Waals surface area contributed by atoms with Crippen LogP contribution in [0.1, 0.15) is 29.2 Å². The highest BCUT2D eigenvalue weighted by atomic mass is 79.9. The lowest BCUT2D eigenvalue weighted by Crippen LogP contribution is -1.89. The molecule has 0 saturated heterocycles. The Morgan fingerprint density at radius 2 is 2.20 bits per heavy atom. The summed E-state index contributed by atoms with van der Waals surface area (Å²) in [5, 5.41) is 1.05. The number of aldehydes is 1. The van der Waals surface area contributed by atoms with E-state index in [9.17, 15) is 4.79 Å². The van der Waals surface area contributed by atoms with Crippen molar-refractivity contribution in [3.05, 3.63) is 34.4 Å². The Kier molecular flexibility index (Phi) is 1.96. The average molecular weight is 264 g/mol. The van der Waals surface area contributed by atoms with Crippen LogP contribution in [0, 0.1) is 0 Å². The van der Waals surface area contributed by atoms with Gasteiger partial charge in [-0.15, -0.1) is 0 Å². The van der Waals surface area contributed by atoms with E-state index in [0.717, 1.165) is 21.7 Å². The SMILES string of the molecule is O=Cc1cn(C2CC2)c2ccc(Br)cc12. The summed E-state index contributed by atoms with van der Waals surface area (Å²) in [6.07, 6.45) is 5.38. The monoisotopic (exact) mass is 263 g/mol. The Balaban J connectivity index is 2.33. The minimum Gasteiger partial charge on any atom is -0.344 e. The minimum absolute atomic E-state index is 0.613. The quantitative estimate of drug-likeness (QED) is 0.760. The van der Waals surface area contributed by atoms with Gasteiger partial charge in [0.25, 0.3) is 0 Å². The second-order valence-electron chi connectivity index (χ2n) is 4.00. The predicted octanol–water partition coefficient (Wildman–Crippen LogP) is 3.55. The molecule has 0 N–H and O–H groups in total. The van der Waals surface area contributed by atoms with Crippen molar-refractivity contribution in [2.45, 2.75) is 18.9 Å². The summed E-state index contributed by atoms with van der Waals surface area (Å²) < 4.78 is 3.25. The molecule has 2 nitrogen and oxygen atoms in total. The van der Waals surface area contributed by atoms with Crippen molar-refractivity contribution in [1.82, 2.24) is 4.57 Å². The van der Waals surface area contributed by atoms with E-state index in [4.69, 9.17) is 0 Å². The molecule has 1 aliphatic carbocycles. The van der Waals surface area contributed by atoms with Gasteiger partial charge < -0.3 is 4.57 Å². The molecule has 1 heterocycles. The first kappa shape index (κ1) is 9.16. The highest BCUT2D eigenvalue weighted by molar-refractivity contribution is 9.10. The lowest BCUT2D eigenvalue weighted by Gasteiger charge is -2.01. The van der Waals surface area contributed by atoms with Crippen LogP contribution in [0.15, 0.2) is 28.9 Å². The number of benzene rings is 1. The summed E-state index contributed by atoms with van der Waals surface area (Å²) in [7, 11) is 0. The Morgan fingerprint density at radius 3 is 2.87 bits per heavy atom. The number of hydrogen-bond donors (Lipinski definition) is 0. The van der Waals surface area contributed by atoms with Gasteiger partial charge in [0.2, 0.25) is 0 Å².